The van der Waals surface area contributed by atoms with Crippen molar-refractivity contribution in [2.75, 3.05) is 5.32 Å². The summed E-state index contributed by atoms with van der Waals surface area (Å²) in [5, 5.41) is 24.9. The quantitative estimate of drug-likeness (QED) is 0.0663. The van der Waals surface area contributed by atoms with E-state index in [9.17, 15) is 33.9 Å². The molecule has 5 rings (SSSR count). The molecular formula is C45H47N5O7S. The standard InChI is InChI=1S/C45H47N5O7S/c1-29-15-21-35(22-16-29)47-40(51)23-24-41(52)48-39(28-36-14-9-25-58-36)44(55)50-38(27-32-17-19-34(20-18-32)33-12-7-4-8-13-33)43(54)49-37(26-31-10-5-3-6-11-31)42(53)46-30(2)45(56)57/h3-22,25,30,37-39H,23-24,26-28H2,1-2H3,(H,46,53)(H,47,51)(H,48,52)(H,49,54)(H,50,55)(H,56,57). The molecule has 4 unspecified atom stereocenters. The highest BCUT2D eigenvalue weighted by molar-refractivity contribution is 7.09. The van der Waals surface area contributed by atoms with Crippen molar-refractivity contribution in [2.24, 2.45) is 0 Å². The molecule has 1 aromatic heterocycles. The first-order valence-corrected chi connectivity index (χ1v) is 19.8. The average molecular weight is 802 g/mol. The second-order valence-corrected chi connectivity index (χ2v) is 15.0. The molecule has 0 spiro atoms. The van der Waals surface area contributed by atoms with E-state index in [4.69, 9.17) is 0 Å². The van der Waals surface area contributed by atoms with E-state index in [1.807, 2.05) is 97.2 Å². The van der Waals surface area contributed by atoms with Crippen molar-refractivity contribution in [1.82, 2.24) is 21.3 Å². The second kappa shape index (κ2) is 21.1. The number of hydrogen-bond donors (Lipinski definition) is 6. The number of carbonyl (C=O) groups is 6. The summed E-state index contributed by atoms with van der Waals surface area (Å²) >= 11 is 1.40. The summed E-state index contributed by atoms with van der Waals surface area (Å²) in [5.41, 5.74) is 5.02. The van der Waals surface area contributed by atoms with Crippen LogP contribution in [0.4, 0.5) is 5.69 Å². The number of carbonyl (C=O) groups excluding carboxylic acids is 5. The number of nitrogens with one attached hydrogen (secondary N) is 5. The van der Waals surface area contributed by atoms with Crippen LogP contribution in [0, 0.1) is 6.92 Å². The number of amides is 5. The molecule has 13 heteroatoms. The number of aryl methyl sites for hydroxylation is 1. The Hall–Kier alpha value is -6.60. The molecule has 0 radical (unpaired) electrons. The fourth-order valence-electron chi connectivity index (χ4n) is 6.08. The molecule has 0 aliphatic carbocycles. The van der Waals surface area contributed by atoms with Crippen LogP contribution in [-0.2, 0) is 48.0 Å². The van der Waals surface area contributed by atoms with Crippen molar-refractivity contribution >= 4 is 52.5 Å². The largest absolute Gasteiger partial charge is 0.480 e. The number of thiophene rings is 1. The summed E-state index contributed by atoms with van der Waals surface area (Å²) in [6.45, 7) is 3.26. The average Bonchev–Trinajstić information content (AvgIpc) is 3.74. The van der Waals surface area contributed by atoms with E-state index in [0.717, 1.165) is 21.6 Å². The fourth-order valence-corrected chi connectivity index (χ4v) is 6.83. The molecular weight excluding hydrogens is 755 g/mol. The van der Waals surface area contributed by atoms with Crippen LogP contribution in [0.1, 0.15) is 41.3 Å². The van der Waals surface area contributed by atoms with Crippen molar-refractivity contribution in [1.29, 1.82) is 0 Å². The molecule has 0 aliphatic heterocycles. The van der Waals surface area contributed by atoms with Crippen LogP contribution in [0.15, 0.2) is 127 Å². The van der Waals surface area contributed by atoms with E-state index in [1.165, 1.54) is 18.3 Å². The minimum absolute atomic E-state index is 0.0245. The molecule has 5 amide bonds. The summed E-state index contributed by atoms with van der Waals surface area (Å²) in [5.74, 6) is -4.17. The Bertz CT molecular complexity index is 2150. The van der Waals surface area contributed by atoms with E-state index in [0.29, 0.717) is 16.8 Å². The van der Waals surface area contributed by atoms with Crippen LogP contribution in [0.3, 0.4) is 0 Å². The third-order valence-corrected chi connectivity index (χ3v) is 10.2. The van der Waals surface area contributed by atoms with Gasteiger partial charge in [-0.05, 0) is 59.7 Å². The van der Waals surface area contributed by atoms with Gasteiger partial charge in [0.05, 0.1) is 0 Å². The van der Waals surface area contributed by atoms with Gasteiger partial charge in [0, 0.05) is 42.7 Å². The molecule has 4 atom stereocenters. The topological polar surface area (TPSA) is 183 Å². The highest BCUT2D eigenvalue weighted by Crippen LogP contribution is 2.20. The molecule has 58 heavy (non-hydrogen) atoms. The van der Waals surface area contributed by atoms with E-state index in [-0.39, 0.29) is 38.0 Å². The lowest BCUT2D eigenvalue weighted by molar-refractivity contribution is -0.141. The van der Waals surface area contributed by atoms with Crippen LogP contribution in [0.5, 0.6) is 0 Å². The van der Waals surface area contributed by atoms with E-state index < -0.39 is 53.8 Å². The zero-order valence-corrected chi connectivity index (χ0v) is 33.1. The Morgan fingerprint density at radius 1 is 0.552 bits per heavy atom. The summed E-state index contributed by atoms with van der Waals surface area (Å²) in [6.07, 6.45) is -0.115. The maximum atomic E-state index is 14.3. The Balaban J connectivity index is 1.36. The molecule has 5 aromatic rings. The summed E-state index contributed by atoms with van der Waals surface area (Å²) in [4.78, 5) is 80.2. The predicted molar refractivity (Wildman–Crippen MR) is 224 cm³/mol. The van der Waals surface area contributed by atoms with Gasteiger partial charge in [-0.15, -0.1) is 11.3 Å². The van der Waals surface area contributed by atoms with Gasteiger partial charge in [0.25, 0.3) is 0 Å². The monoisotopic (exact) mass is 801 g/mol. The van der Waals surface area contributed by atoms with Gasteiger partial charge < -0.3 is 31.7 Å². The highest BCUT2D eigenvalue weighted by Gasteiger charge is 2.31. The molecule has 12 nitrogen and oxygen atoms in total. The molecule has 4 aromatic carbocycles. The van der Waals surface area contributed by atoms with Gasteiger partial charge in [-0.3, -0.25) is 28.8 Å². The minimum atomic E-state index is -1.24. The van der Waals surface area contributed by atoms with Crippen molar-refractivity contribution in [3.05, 3.63) is 148 Å². The zero-order chi connectivity index (χ0) is 41.4. The SMILES string of the molecule is Cc1ccc(NC(=O)CCC(=O)NC(Cc2cccs2)C(=O)NC(Cc2ccc(-c3ccccc3)cc2)C(=O)NC(Cc2ccccc2)C(=O)NC(C)C(=O)O)cc1. The first kappa shape index (κ1) is 42.5. The summed E-state index contributed by atoms with van der Waals surface area (Å²) < 4.78 is 0. The molecule has 6 N–H and O–H groups in total. The number of carboxylic acids is 1. The molecule has 1 heterocycles. The summed E-state index contributed by atoms with van der Waals surface area (Å²) in [6, 6.07) is 32.4. The zero-order valence-electron chi connectivity index (χ0n) is 32.3. The van der Waals surface area contributed by atoms with Gasteiger partial charge in [0.2, 0.25) is 29.5 Å². The van der Waals surface area contributed by atoms with E-state index >= 15 is 0 Å². The highest BCUT2D eigenvalue weighted by atomic mass is 32.1. The van der Waals surface area contributed by atoms with Crippen molar-refractivity contribution in [2.45, 2.75) is 70.1 Å². The predicted octanol–water partition coefficient (Wildman–Crippen LogP) is 5.21. The van der Waals surface area contributed by atoms with Gasteiger partial charge in [-0.1, -0.05) is 109 Å². The lowest BCUT2D eigenvalue weighted by Gasteiger charge is -2.26. The maximum absolute atomic E-state index is 14.3. The van der Waals surface area contributed by atoms with Gasteiger partial charge in [-0.2, -0.15) is 0 Å². The fraction of sp³-hybridized carbons (Fsp3) is 0.244. The number of hydrogen-bond acceptors (Lipinski definition) is 7. The van der Waals surface area contributed by atoms with Crippen molar-refractivity contribution in [3.63, 3.8) is 0 Å². The van der Waals surface area contributed by atoms with Crippen LogP contribution in [0.2, 0.25) is 0 Å². The normalized spacial score (nSPS) is 12.9. The first-order valence-electron chi connectivity index (χ1n) is 18.9. The molecule has 0 bridgehead atoms. The minimum Gasteiger partial charge on any atom is -0.480 e. The Kier molecular flexibility index (Phi) is 15.5. The lowest BCUT2D eigenvalue weighted by Crippen LogP contribution is -2.58. The second-order valence-electron chi connectivity index (χ2n) is 14.0. The third kappa shape index (κ3) is 13.3. The Morgan fingerprint density at radius 2 is 1.07 bits per heavy atom. The molecule has 300 valence electrons. The Morgan fingerprint density at radius 3 is 1.64 bits per heavy atom. The number of carboxylic acid groups (broad SMARTS) is 1. The summed E-state index contributed by atoms with van der Waals surface area (Å²) in [7, 11) is 0. The molecule has 0 saturated carbocycles. The number of anilines is 1. The van der Waals surface area contributed by atoms with Crippen LogP contribution in [-0.4, -0.2) is 64.8 Å². The number of rotatable bonds is 19. The van der Waals surface area contributed by atoms with E-state index in [2.05, 4.69) is 26.6 Å². The van der Waals surface area contributed by atoms with Gasteiger partial charge >= 0.3 is 5.97 Å². The lowest BCUT2D eigenvalue weighted by atomic mass is 9.99. The smallest absolute Gasteiger partial charge is 0.325 e. The van der Waals surface area contributed by atoms with Gasteiger partial charge in [0.15, 0.2) is 0 Å². The van der Waals surface area contributed by atoms with Gasteiger partial charge in [0.1, 0.15) is 24.2 Å². The number of aliphatic carboxylic acids is 1. The van der Waals surface area contributed by atoms with Crippen LogP contribution >= 0.6 is 11.3 Å². The van der Waals surface area contributed by atoms with Crippen LogP contribution in [0.25, 0.3) is 11.1 Å². The number of benzene rings is 4. The Labute approximate surface area is 341 Å². The van der Waals surface area contributed by atoms with Crippen LogP contribution < -0.4 is 26.6 Å². The molecule has 0 saturated heterocycles. The van der Waals surface area contributed by atoms with Crippen molar-refractivity contribution in [3.8, 4) is 11.1 Å². The maximum Gasteiger partial charge on any atom is 0.325 e. The third-order valence-electron chi connectivity index (χ3n) is 9.33. The van der Waals surface area contributed by atoms with E-state index in [1.54, 1.807) is 36.4 Å². The molecule has 0 fully saturated rings. The van der Waals surface area contributed by atoms with Crippen molar-refractivity contribution < 1.29 is 33.9 Å². The molecule has 0 aliphatic rings. The van der Waals surface area contributed by atoms with Gasteiger partial charge in [-0.25, -0.2) is 0 Å². The first-order chi connectivity index (χ1) is 27.9.